The van der Waals surface area contributed by atoms with Crippen LogP contribution < -0.4 is 0 Å². The Labute approximate surface area is 86.4 Å². The van der Waals surface area contributed by atoms with Crippen molar-refractivity contribution in [1.82, 2.24) is 14.6 Å². The van der Waals surface area contributed by atoms with Crippen molar-refractivity contribution >= 4 is 11.6 Å². The van der Waals surface area contributed by atoms with Crippen LogP contribution in [0.5, 0.6) is 0 Å². The normalized spacial score (nSPS) is 12.9. The Hall–Kier alpha value is -1.91. The number of carboxylic acids is 1. The van der Waals surface area contributed by atoms with Gasteiger partial charge in [0.05, 0.1) is 11.6 Å². The topological polar surface area (TPSA) is 67.5 Å². The number of aromatic nitrogens is 3. The fourth-order valence-corrected chi connectivity index (χ4v) is 1.38. The van der Waals surface area contributed by atoms with Crippen molar-refractivity contribution in [3.63, 3.8) is 0 Å². The fourth-order valence-electron chi connectivity index (χ4n) is 1.38. The van der Waals surface area contributed by atoms with E-state index in [4.69, 9.17) is 5.11 Å². The van der Waals surface area contributed by atoms with Gasteiger partial charge in [-0.05, 0) is 6.07 Å². The van der Waals surface area contributed by atoms with Gasteiger partial charge in [-0.3, -0.25) is 4.79 Å². The minimum atomic E-state index is -0.806. The number of rotatable bonds is 3. The summed E-state index contributed by atoms with van der Waals surface area (Å²) in [4.78, 5) is 14.8. The van der Waals surface area contributed by atoms with Crippen molar-refractivity contribution in [2.24, 2.45) is 5.92 Å². The molecule has 0 saturated heterocycles. The molecule has 2 heterocycles. The number of carboxylic acid groups (broad SMARTS) is 1. The van der Waals surface area contributed by atoms with Crippen molar-refractivity contribution in [1.29, 1.82) is 0 Å². The van der Waals surface area contributed by atoms with Gasteiger partial charge in [0, 0.05) is 24.9 Å². The summed E-state index contributed by atoms with van der Waals surface area (Å²) >= 11 is 0. The lowest BCUT2D eigenvalue weighted by molar-refractivity contribution is -0.141. The molecule has 0 aliphatic rings. The number of nitrogens with zero attached hydrogens (tertiary/aromatic N) is 3. The molecule has 0 fully saturated rings. The molecule has 5 heteroatoms. The van der Waals surface area contributed by atoms with Gasteiger partial charge in [0.25, 0.3) is 0 Å². The second kappa shape index (κ2) is 3.68. The first kappa shape index (κ1) is 9.64. The summed E-state index contributed by atoms with van der Waals surface area (Å²) in [5.74, 6) is -1.23. The standard InChI is InChI=1S/C10H11N3O2/c1-7(10(14)15)5-8-6-9-11-3-2-4-13(9)12-8/h2-4,6-7H,5H2,1H3,(H,14,15). The van der Waals surface area contributed by atoms with Crippen molar-refractivity contribution in [3.8, 4) is 0 Å². The molecule has 0 aliphatic carbocycles. The molecule has 1 unspecified atom stereocenters. The largest absolute Gasteiger partial charge is 0.481 e. The van der Waals surface area contributed by atoms with Gasteiger partial charge in [-0.15, -0.1) is 0 Å². The van der Waals surface area contributed by atoms with Gasteiger partial charge in [0.2, 0.25) is 0 Å². The minimum Gasteiger partial charge on any atom is -0.481 e. The number of fused-ring (bicyclic) bond motifs is 1. The van der Waals surface area contributed by atoms with Gasteiger partial charge in [-0.25, -0.2) is 9.50 Å². The average Bonchev–Trinajstić information content (AvgIpc) is 2.59. The molecule has 0 bridgehead atoms. The van der Waals surface area contributed by atoms with Gasteiger partial charge in [-0.2, -0.15) is 5.10 Å². The van der Waals surface area contributed by atoms with Gasteiger partial charge in [-0.1, -0.05) is 6.92 Å². The number of hydrogen-bond acceptors (Lipinski definition) is 3. The van der Waals surface area contributed by atoms with E-state index in [1.54, 1.807) is 36.0 Å². The molecule has 0 amide bonds. The van der Waals surface area contributed by atoms with Crippen LogP contribution in [0.15, 0.2) is 24.5 Å². The van der Waals surface area contributed by atoms with E-state index in [-0.39, 0.29) is 0 Å². The molecule has 1 N–H and O–H groups in total. The monoisotopic (exact) mass is 205 g/mol. The molecule has 2 rings (SSSR count). The zero-order chi connectivity index (χ0) is 10.8. The highest BCUT2D eigenvalue weighted by atomic mass is 16.4. The van der Waals surface area contributed by atoms with Crippen LogP contribution in [-0.2, 0) is 11.2 Å². The third kappa shape index (κ3) is 1.96. The average molecular weight is 205 g/mol. The van der Waals surface area contributed by atoms with E-state index in [2.05, 4.69) is 10.1 Å². The van der Waals surface area contributed by atoms with E-state index in [9.17, 15) is 4.79 Å². The molecule has 0 aromatic carbocycles. The maximum absolute atomic E-state index is 10.7. The van der Waals surface area contributed by atoms with Crippen molar-refractivity contribution < 1.29 is 9.90 Å². The van der Waals surface area contributed by atoms with Crippen LogP contribution in [-0.4, -0.2) is 25.7 Å². The van der Waals surface area contributed by atoms with E-state index in [1.807, 2.05) is 0 Å². The number of aliphatic carboxylic acids is 1. The summed E-state index contributed by atoms with van der Waals surface area (Å²) in [5.41, 5.74) is 1.49. The zero-order valence-corrected chi connectivity index (χ0v) is 8.29. The van der Waals surface area contributed by atoms with E-state index in [0.29, 0.717) is 6.42 Å². The molecule has 15 heavy (non-hydrogen) atoms. The lowest BCUT2D eigenvalue weighted by atomic mass is 10.1. The van der Waals surface area contributed by atoms with Crippen LogP contribution in [0.2, 0.25) is 0 Å². The molecule has 78 valence electrons. The summed E-state index contributed by atoms with van der Waals surface area (Å²) in [7, 11) is 0. The minimum absolute atomic E-state index is 0.421. The van der Waals surface area contributed by atoms with Crippen LogP contribution in [0.25, 0.3) is 5.65 Å². The Morgan fingerprint density at radius 1 is 1.67 bits per heavy atom. The first-order valence-corrected chi connectivity index (χ1v) is 4.69. The summed E-state index contributed by atoms with van der Waals surface area (Å²) in [6.45, 7) is 1.67. The first-order chi connectivity index (χ1) is 7.16. The van der Waals surface area contributed by atoms with Crippen molar-refractivity contribution in [3.05, 3.63) is 30.2 Å². The van der Waals surface area contributed by atoms with Crippen molar-refractivity contribution in [2.45, 2.75) is 13.3 Å². The summed E-state index contributed by atoms with van der Waals surface area (Å²) in [5, 5.41) is 13.0. The third-order valence-corrected chi connectivity index (χ3v) is 2.22. The second-order valence-corrected chi connectivity index (χ2v) is 3.50. The highest BCUT2D eigenvalue weighted by molar-refractivity contribution is 5.69. The molecule has 1 atom stereocenters. The Kier molecular flexibility index (Phi) is 2.37. The van der Waals surface area contributed by atoms with Crippen LogP contribution in [0.4, 0.5) is 0 Å². The van der Waals surface area contributed by atoms with Crippen molar-refractivity contribution in [2.75, 3.05) is 0 Å². The lowest BCUT2D eigenvalue weighted by Crippen LogP contribution is -2.12. The Morgan fingerprint density at radius 3 is 3.13 bits per heavy atom. The summed E-state index contributed by atoms with van der Waals surface area (Å²) < 4.78 is 1.64. The van der Waals surface area contributed by atoms with E-state index in [0.717, 1.165) is 11.3 Å². The highest BCUT2D eigenvalue weighted by Crippen LogP contribution is 2.09. The van der Waals surface area contributed by atoms with E-state index >= 15 is 0 Å². The second-order valence-electron chi connectivity index (χ2n) is 3.50. The summed E-state index contributed by atoms with van der Waals surface area (Å²) in [6, 6.07) is 3.59. The summed E-state index contributed by atoms with van der Waals surface area (Å²) in [6.07, 6.45) is 3.90. The predicted octanol–water partition coefficient (Wildman–Crippen LogP) is 0.992. The van der Waals surface area contributed by atoms with E-state index in [1.165, 1.54) is 0 Å². The number of carbonyl (C=O) groups is 1. The molecule has 0 aliphatic heterocycles. The van der Waals surface area contributed by atoms with Crippen LogP contribution in [0.1, 0.15) is 12.6 Å². The Bertz CT molecular complexity index is 459. The zero-order valence-electron chi connectivity index (χ0n) is 8.29. The third-order valence-electron chi connectivity index (χ3n) is 2.22. The predicted molar refractivity (Wildman–Crippen MR) is 53.5 cm³/mol. The van der Waals surface area contributed by atoms with Gasteiger partial charge < -0.3 is 5.11 Å². The van der Waals surface area contributed by atoms with Gasteiger partial charge >= 0.3 is 5.97 Å². The number of hydrogen-bond donors (Lipinski definition) is 1. The molecule has 0 spiro atoms. The molecule has 2 aromatic heterocycles. The SMILES string of the molecule is CC(Cc1cc2ncccn2n1)C(=O)O. The molecule has 0 radical (unpaired) electrons. The molecular formula is C10H11N3O2. The fraction of sp³-hybridized carbons (Fsp3) is 0.300. The van der Waals surface area contributed by atoms with Crippen LogP contribution >= 0.6 is 0 Å². The lowest BCUT2D eigenvalue weighted by Gasteiger charge is -2.01. The highest BCUT2D eigenvalue weighted by Gasteiger charge is 2.13. The van der Waals surface area contributed by atoms with Crippen LogP contribution in [0, 0.1) is 5.92 Å². The molecular weight excluding hydrogens is 194 g/mol. The quantitative estimate of drug-likeness (QED) is 0.811. The molecule has 2 aromatic rings. The maximum atomic E-state index is 10.7. The van der Waals surface area contributed by atoms with Crippen LogP contribution in [0.3, 0.4) is 0 Å². The Morgan fingerprint density at radius 2 is 2.47 bits per heavy atom. The van der Waals surface area contributed by atoms with Gasteiger partial charge in [0.1, 0.15) is 0 Å². The maximum Gasteiger partial charge on any atom is 0.306 e. The Balaban J connectivity index is 2.26. The van der Waals surface area contributed by atoms with E-state index < -0.39 is 11.9 Å². The molecule has 0 saturated carbocycles. The first-order valence-electron chi connectivity index (χ1n) is 4.69. The molecule has 5 nitrogen and oxygen atoms in total. The smallest absolute Gasteiger partial charge is 0.306 e. The van der Waals surface area contributed by atoms with Gasteiger partial charge in [0.15, 0.2) is 5.65 Å².